The minimum Gasteiger partial charge on any atom is -0.326 e. The van der Waals surface area contributed by atoms with Gasteiger partial charge in [0.25, 0.3) is 0 Å². The van der Waals surface area contributed by atoms with E-state index >= 15 is 0 Å². The molecule has 0 radical (unpaired) electrons. The number of pyridine rings is 1. The molecular weight excluding hydrogens is 240 g/mol. The van der Waals surface area contributed by atoms with Crippen molar-refractivity contribution in [2.75, 3.05) is 0 Å². The van der Waals surface area contributed by atoms with Gasteiger partial charge in [0.15, 0.2) is 0 Å². The molecule has 2 N–H and O–H groups in total. The number of hydrogen-bond donors (Lipinski definition) is 1. The fourth-order valence-corrected chi connectivity index (χ4v) is 2.50. The Bertz CT molecular complexity index is 474. The first-order valence-corrected chi connectivity index (χ1v) is 6.06. The maximum Gasteiger partial charge on any atom is 0.101 e. The van der Waals surface area contributed by atoms with Gasteiger partial charge in [-0.05, 0) is 29.8 Å². The molecule has 1 aromatic heterocycles. The first-order valence-electron chi connectivity index (χ1n) is 4.87. The van der Waals surface area contributed by atoms with Gasteiger partial charge in [0.2, 0.25) is 0 Å². The Kier molecular flexibility index (Phi) is 3.83. The predicted molar refractivity (Wildman–Crippen MR) is 67.7 cm³/mol. The number of aromatic nitrogens is 1. The SMILES string of the molecule is NCc1ccc(Cl)cc1Sc1ccccn1. The van der Waals surface area contributed by atoms with Gasteiger partial charge in [0.05, 0.1) is 0 Å². The molecule has 0 fully saturated rings. The van der Waals surface area contributed by atoms with Gasteiger partial charge < -0.3 is 5.73 Å². The molecule has 0 bridgehead atoms. The molecule has 82 valence electrons. The summed E-state index contributed by atoms with van der Waals surface area (Å²) >= 11 is 7.54. The average molecular weight is 251 g/mol. The van der Waals surface area contributed by atoms with Crippen molar-refractivity contribution >= 4 is 23.4 Å². The van der Waals surface area contributed by atoms with Crippen LogP contribution in [0.25, 0.3) is 0 Å². The number of nitrogens with two attached hydrogens (primary N) is 1. The Balaban J connectivity index is 2.30. The van der Waals surface area contributed by atoms with Crippen molar-refractivity contribution in [3.63, 3.8) is 0 Å². The van der Waals surface area contributed by atoms with Gasteiger partial charge in [-0.3, -0.25) is 0 Å². The van der Waals surface area contributed by atoms with Crippen molar-refractivity contribution in [3.05, 3.63) is 53.2 Å². The highest BCUT2D eigenvalue weighted by Gasteiger charge is 2.04. The molecule has 0 aliphatic rings. The summed E-state index contributed by atoms with van der Waals surface area (Å²) in [5.74, 6) is 0. The maximum atomic E-state index is 5.97. The van der Waals surface area contributed by atoms with Gasteiger partial charge in [-0.1, -0.05) is 35.5 Å². The molecule has 0 atom stereocenters. The highest BCUT2D eigenvalue weighted by molar-refractivity contribution is 7.99. The smallest absolute Gasteiger partial charge is 0.101 e. The number of halogens is 1. The van der Waals surface area contributed by atoms with E-state index in [0.29, 0.717) is 6.54 Å². The third-order valence-electron chi connectivity index (χ3n) is 2.10. The van der Waals surface area contributed by atoms with Gasteiger partial charge in [-0.15, -0.1) is 0 Å². The molecule has 2 nitrogen and oxygen atoms in total. The molecule has 16 heavy (non-hydrogen) atoms. The predicted octanol–water partition coefficient (Wildman–Crippen LogP) is 3.34. The van der Waals surface area contributed by atoms with Crippen LogP contribution in [-0.2, 0) is 6.54 Å². The minimum atomic E-state index is 0.506. The van der Waals surface area contributed by atoms with Crippen LogP contribution >= 0.6 is 23.4 Å². The van der Waals surface area contributed by atoms with Gasteiger partial charge in [0, 0.05) is 22.7 Å². The fourth-order valence-electron chi connectivity index (χ4n) is 1.31. The molecular formula is C12H11ClN2S. The van der Waals surface area contributed by atoms with Crippen molar-refractivity contribution in [2.45, 2.75) is 16.5 Å². The second kappa shape index (κ2) is 5.34. The molecule has 1 heterocycles. The monoisotopic (exact) mass is 250 g/mol. The van der Waals surface area contributed by atoms with E-state index in [1.807, 2.05) is 36.4 Å². The van der Waals surface area contributed by atoms with Crippen LogP contribution < -0.4 is 5.73 Å². The van der Waals surface area contributed by atoms with Gasteiger partial charge in [-0.25, -0.2) is 4.98 Å². The van der Waals surface area contributed by atoms with Crippen molar-refractivity contribution in [3.8, 4) is 0 Å². The number of hydrogen-bond acceptors (Lipinski definition) is 3. The molecule has 0 unspecified atom stereocenters. The topological polar surface area (TPSA) is 38.9 Å². The lowest BCUT2D eigenvalue weighted by molar-refractivity contribution is 1.02. The van der Waals surface area contributed by atoms with Crippen LogP contribution in [0.1, 0.15) is 5.56 Å². The summed E-state index contributed by atoms with van der Waals surface area (Å²) in [5, 5.41) is 1.66. The van der Waals surface area contributed by atoms with Crippen molar-refractivity contribution in [1.29, 1.82) is 0 Å². The van der Waals surface area contributed by atoms with Gasteiger partial charge in [0.1, 0.15) is 5.03 Å². The molecule has 0 amide bonds. The summed E-state index contributed by atoms with van der Waals surface area (Å²) in [6.45, 7) is 0.506. The zero-order valence-corrected chi connectivity index (χ0v) is 10.1. The summed E-state index contributed by atoms with van der Waals surface area (Å²) in [5.41, 5.74) is 6.76. The number of rotatable bonds is 3. The lowest BCUT2D eigenvalue weighted by Crippen LogP contribution is -1.98. The zero-order chi connectivity index (χ0) is 11.4. The fraction of sp³-hybridized carbons (Fsp3) is 0.0833. The Morgan fingerprint density at radius 3 is 2.81 bits per heavy atom. The summed E-state index contributed by atoms with van der Waals surface area (Å²) in [7, 11) is 0. The number of nitrogens with zero attached hydrogens (tertiary/aromatic N) is 1. The molecule has 0 aliphatic heterocycles. The van der Waals surface area contributed by atoms with Crippen LogP contribution in [0, 0.1) is 0 Å². The minimum absolute atomic E-state index is 0.506. The van der Waals surface area contributed by atoms with Crippen molar-refractivity contribution in [1.82, 2.24) is 4.98 Å². The van der Waals surface area contributed by atoms with E-state index in [1.165, 1.54) is 0 Å². The van der Waals surface area contributed by atoms with E-state index in [9.17, 15) is 0 Å². The Hall–Kier alpha value is -1.03. The van der Waals surface area contributed by atoms with E-state index in [0.717, 1.165) is 20.5 Å². The highest BCUT2D eigenvalue weighted by atomic mass is 35.5. The molecule has 0 aliphatic carbocycles. The van der Waals surface area contributed by atoms with E-state index in [-0.39, 0.29) is 0 Å². The lowest BCUT2D eigenvalue weighted by Gasteiger charge is -2.07. The third kappa shape index (κ3) is 2.76. The second-order valence-electron chi connectivity index (χ2n) is 3.23. The van der Waals surface area contributed by atoms with Crippen LogP contribution in [0.15, 0.2) is 52.5 Å². The highest BCUT2D eigenvalue weighted by Crippen LogP contribution is 2.30. The van der Waals surface area contributed by atoms with Crippen LogP contribution in [0.4, 0.5) is 0 Å². The zero-order valence-electron chi connectivity index (χ0n) is 8.56. The van der Waals surface area contributed by atoms with Crippen molar-refractivity contribution in [2.24, 2.45) is 5.73 Å². The largest absolute Gasteiger partial charge is 0.326 e. The molecule has 0 spiro atoms. The molecule has 0 saturated carbocycles. The Labute approximate surface area is 104 Å². The van der Waals surface area contributed by atoms with Crippen LogP contribution in [0.2, 0.25) is 5.02 Å². The molecule has 4 heteroatoms. The van der Waals surface area contributed by atoms with E-state index < -0.39 is 0 Å². The molecule has 0 saturated heterocycles. The first-order chi connectivity index (χ1) is 7.79. The summed E-state index contributed by atoms with van der Waals surface area (Å²) in [6, 6.07) is 11.5. The number of benzene rings is 1. The molecule has 1 aromatic carbocycles. The van der Waals surface area contributed by atoms with Gasteiger partial charge >= 0.3 is 0 Å². The van der Waals surface area contributed by atoms with E-state index in [4.69, 9.17) is 17.3 Å². The standard InChI is InChI=1S/C12H11ClN2S/c13-10-5-4-9(8-14)11(7-10)16-12-3-1-2-6-15-12/h1-7H,8,14H2. The van der Waals surface area contributed by atoms with Crippen LogP contribution in [0.3, 0.4) is 0 Å². The summed E-state index contributed by atoms with van der Waals surface area (Å²) < 4.78 is 0. The van der Waals surface area contributed by atoms with Crippen molar-refractivity contribution < 1.29 is 0 Å². The second-order valence-corrected chi connectivity index (χ2v) is 4.72. The average Bonchev–Trinajstić information content (AvgIpc) is 2.31. The van der Waals surface area contributed by atoms with Crippen LogP contribution in [0.5, 0.6) is 0 Å². The third-order valence-corrected chi connectivity index (χ3v) is 3.39. The summed E-state index contributed by atoms with van der Waals surface area (Å²) in [6.07, 6.45) is 1.77. The van der Waals surface area contributed by atoms with Crippen LogP contribution in [-0.4, -0.2) is 4.98 Å². The lowest BCUT2D eigenvalue weighted by atomic mass is 10.2. The molecule has 2 aromatic rings. The summed E-state index contributed by atoms with van der Waals surface area (Å²) in [4.78, 5) is 5.32. The quantitative estimate of drug-likeness (QED) is 0.908. The normalized spacial score (nSPS) is 10.4. The Morgan fingerprint density at radius 1 is 1.25 bits per heavy atom. The first kappa shape index (κ1) is 11.5. The molecule has 2 rings (SSSR count). The Morgan fingerprint density at radius 2 is 2.12 bits per heavy atom. The maximum absolute atomic E-state index is 5.97. The van der Waals surface area contributed by atoms with Gasteiger partial charge in [-0.2, -0.15) is 0 Å². The van der Waals surface area contributed by atoms with E-state index in [1.54, 1.807) is 18.0 Å². The van der Waals surface area contributed by atoms with E-state index in [2.05, 4.69) is 4.98 Å².